The van der Waals surface area contributed by atoms with E-state index < -0.39 is 5.97 Å². The van der Waals surface area contributed by atoms with Crippen molar-refractivity contribution in [3.8, 4) is 5.75 Å². The summed E-state index contributed by atoms with van der Waals surface area (Å²) >= 11 is 0. The van der Waals surface area contributed by atoms with E-state index in [-0.39, 0.29) is 17.9 Å². The minimum atomic E-state index is -1.07. The van der Waals surface area contributed by atoms with Gasteiger partial charge in [-0.3, -0.25) is 0 Å². The second-order valence-electron chi connectivity index (χ2n) is 4.91. The quantitative estimate of drug-likeness (QED) is 0.768. The first-order chi connectivity index (χ1) is 11.2. The predicted molar refractivity (Wildman–Crippen MR) is 86.8 cm³/mol. The Morgan fingerprint density at radius 3 is 2.57 bits per heavy atom. The van der Waals surface area contributed by atoms with Gasteiger partial charge in [0.25, 0.3) is 0 Å². The Bertz CT molecular complexity index is 695. The van der Waals surface area contributed by atoms with Crippen LogP contribution in [0.15, 0.2) is 48.5 Å². The lowest BCUT2D eigenvalue weighted by molar-refractivity contribution is -0.130. The number of carboxylic acid groups (broad SMARTS) is 1. The van der Waals surface area contributed by atoms with E-state index >= 15 is 0 Å². The van der Waals surface area contributed by atoms with E-state index in [9.17, 15) is 15.0 Å². The molecule has 0 saturated carbocycles. The molecule has 0 spiro atoms. The van der Waals surface area contributed by atoms with Crippen LogP contribution in [0.25, 0.3) is 5.57 Å². The molecule has 0 radical (unpaired) electrons. The van der Waals surface area contributed by atoms with Crippen molar-refractivity contribution >= 4 is 11.5 Å². The van der Waals surface area contributed by atoms with Gasteiger partial charge in [-0.25, -0.2) is 9.78 Å². The number of aliphatic hydroxyl groups is 1. The monoisotopic (exact) mass is 313 g/mol. The molecule has 2 rings (SSSR count). The second-order valence-corrected chi connectivity index (χ2v) is 4.91. The topological polar surface area (TPSA) is 79.7 Å². The first-order valence-electron chi connectivity index (χ1n) is 7.37. The van der Waals surface area contributed by atoms with Crippen LogP contribution in [0.5, 0.6) is 5.75 Å². The van der Waals surface area contributed by atoms with E-state index in [1.54, 1.807) is 18.2 Å². The van der Waals surface area contributed by atoms with E-state index in [1.165, 1.54) is 0 Å². The fourth-order valence-electron chi connectivity index (χ4n) is 2.11. The summed E-state index contributed by atoms with van der Waals surface area (Å²) in [4.78, 5) is 15.7. The fourth-order valence-corrected chi connectivity index (χ4v) is 2.11. The van der Waals surface area contributed by atoms with Gasteiger partial charge in [-0.05, 0) is 24.1 Å². The van der Waals surface area contributed by atoms with Crippen LogP contribution in [0, 0.1) is 0 Å². The predicted octanol–water partition coefficient (Wildman–Crippen LogP) is 3.03. The number of benzene rings is 1. The highest BCUT2D eigenvalue weighted by molar-refractivity contribution is 6.15. The molecule has 0 fully saturated rings. The molecule has 0 aliphatic rings. The molecule has 0 bridgehead atoms. The molecule has 0 aliphatic heterocycles. The molecule has 0 unspecified atom stereocenters. The molecule has 5 heteroatoms. The summed E-state index contributed by atoms with van der Waals surface area (Å²) in [6.45, 7) is 1.90. The zero-order valence-electron chi connectivity index (χ0n) is 12.9. The van der Waals surface area contributed by atoms with Crippen molar-refractivity contribution < 1.29 is 19.7 Å². The molecule has 0 atom stereocenters. The van der Waals surface area contributed by atoms with E-state index in [0.717, 1.165) is 5.56 Å². The highest BCUT2D eigenvalue weighted by atomic mass is 16.5. The van der Waals surface area contributed by atoms with Gasteiger partial charge in [-0.1, -0.05) is 43.3 Å². The normalized spacial score (nSPS) is 11.3. The molecule has 1 aromatic carbocycles. The van der Waals surface area contributed by atoms with Crippen molar-refractivity contribution in [1.82, 2.24) is 4.98 Å². The number of rotatable bonds is 7. The largest absolute Gasteiger partial charge is 0.487 e. The number of hydrogen-bond donors (Lipinski definition) is 2. The summed E-state index contributed by atoms with van der Waals surface area (Å²) < 4.78 is 5.75. The number of carbonyl (C=O) groups is 1. The number of aromatic nitrogens is 1. The van der Waals surface area contributed by atoms with E-state index in [0.29, 0.717) is 24.5 Å². The van der Waals surface area contributed by atoms with Crippen LogP contribution in [0.2, 0.25) is 0 Å². The maximum absolute atomic E-state index is 11.5. The van der Waals surface area contributed by atoms with Gasteiger partial charge >= 0.3 is 5.97 Å². The van der Waals surface area contributed by atoms with E-state index in [1.807, 2.05) is 37.3 Å². The Morgan fingerprint density at radius 1 is 1.22 bits per heavy atom. The first-order valence-corrected chi connectivity index (χ1v) is 7.37. The Kier molecular flexibility index (Phi) is 5.88. The minimum absolute atomic E-state index is 0.0749. The fraction of sp³-hybridized carbons (Fsp3) is 0.222. The van der Waals surface area contributed by atoms with Crippen molar-refractivity contribution in [2.24, 2.45) is 0 Å². The van der Waals surface area contributed by atoms with Crippen molar-refractivity contribution in [1.29, 1.82) is 0 Å². The lowest BCUT2D eigenvalue weighted by atomic mass is 10.1. The summed E-state index contributed by atoms with van der Waals surface area (Å²) in [5.74, 6) is -0.688. The van der Waals surface area contributed by atoms with Gasteiger partial charge in [0, 0.05) is 0 Å². The summed E-state index contributed by atoms with van der Waals surface area (Å²) in [5.41, 5.74) is 1.68. The van der Waals surface area contributed by atoms with Crippen LogP contribution < -0.4 is 4.74 Å². The smallest absolute Gasteiger partial charge is 0.337 e. The van der Waals surface area contributed by atoms with Crippen molar-refractivity contribution in [3.05, 3.63) is 65.5 Å². The Morgan fingerprint density at radius 2 is 1.96 bits per heavy atom. The molecule has 1 aromatic heterocycles. The third-order valence-corrected chi connectivity index (χ3v) is 3.21. The molecule has 0 saturated heterocycles. The number of aliphatic hydroxyl groups excluding tert-OH is 1. The molecule has 2 aromatic rings. The van der Waals surface area contributed by atoms with E-state index in [2.05, 4.69) is 4.98 Å². The van der Waals surface area contributed by atoms with Gasteiger partial charge in [-0.2, -0.15) is 0 Å². The van der Waals surface area contributed by atoms with Crippen LogP contribution in [0.1, 0.15) is 30.3 Å². The molecule has 2 N–H and O–H groups in total. The number of hydrogen-bond acceptors (Lipinski definition) is 4. The standard InChI is InChI=1S/C18H19NO4/c1-2-6-15(18(21)22)17-16(10-9-14(11-20)19-17)23-12-13-7-4-3-5-8-13/h3-10,20H,2,11-12H2,1H3,(H,21,22). The molecular formula is C18H19NO4. The molecule has 1 heterocycles. The van der Waals surface area contributed by atoms with Crippen molar-refractivity contribution in [2.45, 2.75) is 26.6 Å². The highest BCUT2D eigenvalue weighted by Gasteiger charge is 2.18. The zero-order valence-corrected chi connectivity index (χ0v) is 12.9. The highest BCUT2D eigenvalue weighted by Crippen LogP contribution is 2.26. The average molecular weight is 313 g/mol. The third kappa shape index (κ3) is 4.40. The average Bonchev–Trinajstić information content (AvgIpc) is 2.58. The summed E-state index contributed by atoms with van der Waals surface area (Å²) in [6.07, 6.45) is 2.14. The zero-order chi connectivity index (χ0) is 16.7. The maximum atomic E-state index is 11.5. The van der Waals surface area contributed by atoms with Gasteiger partial charge in [0.15, 0.2) is 0 Å². The van der Waals surface area contributed by atoms with Gasteiger partial charge < -0.3 is 14.9 Å². The van der Waals surface area contributed by atoms with Gasteiger partial charge in [0.2, 0.25) is 0 Å². The number of pyridine rings is 1. The summed E-state index contributed by atoms with van der Waals surface area (Å²) in [6, 6.07) is 12.8. The van der Waals surface area contributed by atoms with Crippen LogP contribution in [0.4, 0.5) is 0 Å². The number of nitrogens with zero attached hydrogens (tertiary/aromatic N) is 1. The Labute approximate surface area is 134 Å². The van der Waals surface area contributed by atoms with Gasteiger partial charge in [0.05, 0.1) is 17.9 Å². The Balaban J connectivity index is 2.34. The summed E-state index contributed by atoms with van der Waals surface area (Å²) in [7, 11) is 0. The van der Waals surface area contributed by atoms with Crippen LogP contribution >= 0.6 is 0 Å². The number of carboxylic acids is 1. The Hall–Kier alpha value is -2.66. The molecule has 5 nitrogen and oxygen atoms in total. The molecular weight excluding hydrogens is 294 g/mol. The number of allylic oxidation sites excluding steroid dienone is 1. The van der Waals surface area contributed by atoms with Gasteiger partial charge in [0.1, 0.15) is 18.1 Å². The van der Waals surface area contributed by atoms with E-state index in [4.69, 9.17) is 4.74 Å². The lowest BCUT2D eigenvalue weighted by Crippen LogP contribution is -2.07. The maximum Gasteiger partial charge on any atom is 0.337 e. The molecule has 23 heavy (non-hydrogen) atoms. The van der Waals surface area contributed by atoms with Crippen molar-refractivity contribution in [3.63, 3.8) is 0 Å². The number of aliphatic carboxylic acids is 1. The molecule has 0 amide bonds. The third-order valence-electron chi connectivity index (χ3n) is 3.21. The van der Waals surface area contributed by atoms with Crippen LogP contribution in [0.3, 0.4) is 0 Å². The molecule has 0 aliphatic carbocycles. The SMILES string of the molecule is CCC=C(C(=O)O)c1nc(CO)ccc1OCc1ccccc1. The van der Waals surface area contributed by atoms with Gasteiger partial charge in [-0.15, -0.1) is 0 Å². The second kappa shape index (κ2) is 8.10. The number of ether oxygens (including phenoxy) is 1. The van der Waals surface area contributed by atoms with Crippen molar-refractivity contribution in [2.75, 3.05) is 0 Å². The first kappa shape index (κ1) is 16.7. The molecule has 120 valence electrons. The summed E-state index contributed by atoms with van der Waals surface area (Å²) in [5, 5.41) is 18.6. The lowest BCUT2D eigenvalue weighted by Gasteiger charge is -2.12. The minimum Gasteiger partial charge on any atom is -0.487 e. The van der Waals surface area contributed by atoms with Crippen LogP contribution in [-0.4, -0.2) is 21.2 Å². The van der Waals surface area contributed by atoms with Crippen LogP contribution in [-0.2, 0) is 18.0 Å².